The molecule has 4 heteroatoms. The standard InChI is InChI=1S/C15H7ClFNO/c16-14-10-7-8(17)5-6-11(10)18-15-13(14)9-3-1-2-4-12(9)19-15/h1-7H. The molecular formula is C15H7ClFNO. The van der Waals surface area contributed by atoms with Gasteiger partial charge in [-0.05, 0) is 24.3 Å². The summed E-state index contributed by atoms with van der Waals surface area (Å²) in [5.41, 5.74) is 1.82. The number of rotatable bonds is 0. The van der Waals surface area contributed by atoms with Gasteiger partial charge in [-0.25, -0.2) is 9.37 Å². The Morgan fingerprint density at radius 1 is 1.05 bits per heavy atom. The van der Waals surface area contributed by atoms with Crippen molar-refractivity contribution in [1.29, 1.82) is 0 Å². The molecule has 19 heavy (non-hydrogen) atoms. The summed E-state index contributed by atoms with van der Waals surface area (Å²) in [5.74, 6) is -0.330. The molecule has 92 valence electrons. The minimum atomic E-state index is -0.330. The third-order valence-corrected chi connectivity index (χ3v) is 3.61. The lowest BCUT2D eigenvalue weighted by molar-refractivity contribution is 0.629. The topological polar surface area (TPSA) is 26.0 Å². The molecule has 0 N–H and O–H groups in total. The third-order valence-electron chi connectivity index (χ3n) is 3.21. The van der Waals surface area contributed by atoms with Crippen LogP contribution in [0, 0.1) is 5.82 Å². The molecule has 0 saturated heterocycles. The van der Waals surface area contributed by atoms with Gasteiger partial charge in [0, 0.05) is 10.8 Å². The van der Waals surface area contributed by atoms with Crippen LogP contribution in [0.25, 0.3) is 33.0 Å². The zero-order valence-corrected chi connectivity index (χ0v) is 10.4. The second kappa shape index (κ2) is 3.68. The number of nitrogens with zero attached hydrogens (tertiary/aromatic N) is 1. The predicted molar refractivity (Wildman–Crippen MR) is 74.0 cm³/mol. The van der Waals surface area contributed by atoms with Crippen molar-refractivity contribution < 1.29 is 8.81 Å². The van der Waals surface area contributed by atoms with Crippen LogP contribution in [0.15, 0.2) is 46.9 Å². The fraction of sp³-hybridized carbons (Fsp3) is 0. The van der Waals surface area contributed by atoms with E-state index in [-0.39, 0.29) is 5.82 Å². The number of benzene rings is 2. The molecule has 4 aromatic rings. The zero-order chi connectivity index (χ0) is 13.0. The number of furan rings is 1. The first-order valence-corrected chi connectivity index (χ1v) is 6.18. The van der Waals surface area contributed by atoms with Crippen LogP contribution in [0.4, 0.5) is 4.39 Å². The van der Waals surface area contributed by atoms with Crippen LogP contribution < -0.4 is 0 Å². The van der Waals surface area contributed by atoms with Gasteiger partial charge in [-0.15, -0.1) is 0 Å². The molecule has 0 aliphatic carbocycles. The summed E-state index contributed by atoms with van der Waals surface area (Å²) in [6.07, 6.45) is 0. The van der Waals surface area contributed by atoms with Gasteiger partial charge < -0.3 is 4.42 Å². The highest BCUT2D eigenvalue weighted by Gasteiger charge is 2.14. The fourth-order valence-electron chi connectivity index (χ4n) is 2.35. The Balaban J connectivity index is 2.31. The first kappa shape index (κ1) is 10.8. The first-order chi connectivity index (χ1) is 9.24. The number of para-hydroxylation sites is 1. The Morgan fingerprint density at radius 3 is 2.79 bits per heavy atom. The van der Waals surface area contributed by atoms with Crippen LogP contribution in [0.2, 0.25) is 5.02 Å². The Kier molecular flexibility index (Phi) is 2.09. The Bertz CT molecular complexity index is 945. The lowest BCUT2D eigenvalue weighted by Crippen LogP contribution is -1.83. The van der Waals surface area contributed by atoms with Gasteiger partial charge in [-0.2, -0.15) is 0 Å². The van der Waals surface area contributed by atoms with E-state index in [1.807, 2.05) is 24.3 Å². The molecule has 0 amide bonds. The van der Waals surface area contributed by atoms with E-state index in [0.29, 0.717) is 21.6 Å². The van der Waals surface area contributed by atoms with E-state index in [0.717, 1.165) is 16.4 Å². The number of pyridine rings is 1. The van der Waals surface area contributed by atoms with Crippen LogP contribution in [-0.4, -0.2) is 4.98 Å². The van der Waals surface area contributed by atoms with Crippen LogP contribution in [0.3, 0.4) is 0 Å². The lowest BCUT2D eigenvalue weighted by atomic mass is 10.1. The molecule has 2 aromatic heterocycles. The normalized spacial score (nSPS) is 11.7. The summed E-state index contributed by atoms with van der Waals surface area (Å²) < 4.78 is 19.0. The number of halogens is 2. The maximum absolute atomic E-state index is 13.3. The van der Waals surface area contributed by atoms with Gasteiger partial charge in [0.1, 0.15) is 11.4 Å². The number of hydrogen-bond acceptors (Lipinski definition) is 2. The van der Waals surface area contributed by atoms with Crippen molar-refractivity contribution in [1.82, 2.24) is 4.98 Å². The largest absolute Gasteiger partial charge is 0.438 e. The van der Waals surface area contributed by atoms with E-state index in [4.69, 9.17) is 16.0 Å². The monoisotopic (exact) mass is 271 g/mol. The van der Waals surface area contributed by atoms with Gasteiger partial charge in [0.25, 0.3) is 0 Å². The van der Waals surface area contributed by atoms with Crippen molar-refractivity contribution in [3.63, 3.8) is 0 Å². The summed E-state index contributed by atoms with van der Waals surface area (Å²) in [5, 5.41) is 2.70. The lowest BCUT2D eigenvalue weighted by Gasteiger charge is -2.01. The van der Waals surface area contributed by atoms with Crippen molar-refractivity contribution in [2.45, 2.75) is 0 Å². The van der Waals surface area contributed by atoms with Gasteiger partial charge in [-0.3, -0.25) is 0 Å². The molecule has 0 radical (unpaired) electrons. The SMILES string of the molecule is Fc1ccc2nc3oc4ccccc4c3c(Cl)c2c1. The second-order valence-electron chi connectivity index (χ2n) is 4.37. The van der Waals surface area contributed by atoms with E-state index >= 15 is 0 Å². The number of fused-ring (bicyclic) bond motifs is 4. The summed E-state index contributed by atoms with van der Waals surface area (Å²) in [6.45, 7) is 0. The molecule has 0 spiro atoms. The highest BCUT2D eigenvalue weighted by molar-refractivity contribution is 6.42. The highest BCUT2D eigenvalue weighted by Crippen LogP contribution is 2.37. The quantitative estimate of drug-likeness (QED) is 0.453. The molecule has 2 aromatic carbocycles. The maximum Gasteiger partial charge on any atom is 0.229 e. The molecular weight excluding hydrogens is 265 g/mol. The van der Waals surface area contributed by atoms with Gasteiger partial charge in [0.15, 0.2) is 0 Å². The molecule has 0 aliphatic heterocycles. The molecule has 4 rings (SSSR count). The zero-order valence-electron chi connectivity index (χ0n) is 9.65. The Morgan fingerprint density at radius 2 is 1.89 bits per heavy atom. The van der Waals surface area contributed by atoms with Crippen molar-refractivity contribution in [2.24, 2.45) is 0 Å². The van der Waals surface area contributed by atoms with Crippen LogP contribution in [0.5, 0.6) is 0 Å². The van der Waals surface area contributed by atoms with Crippen molar-refractivity contribution in [2.75, 3.05) is 0 Å². The van der Waals surface area contributed by atoms with E-state index in [1.54, 1.807) is 6.07 Å². The smallest absolute Gasteiger partial charge is 0.229 e. The minimum absolute atomic E-state index is 0.330. The molecule has 2 nitrogen and oxygen atoms in total. The Hall–Kier alpha value is -2.13. The highest BCUT2D eigenvalue weighted by atomic mass is 35.5. The van der Waals surface area contributed by atoms with Gasteiger partial charge in [0.2, 0.25) is 5.71 Å². The van der Waals surface area contributed by atoms with Gasteiger partial charge in [-0.1, -0.05) is 29.8 Å². The van der Waals surface area contributed by atoms with Crippen LogP contribution in [-0.2, 0) is 0 Å². The number of aromatic nitrogens is 1. The molecule has 0 aliphatic rings. The maximum atomic E-state index is 13.3. The molecule has 0 atom stereocenters. The summed E-state index contributed by atoms with van der Waals surface area (Å²) in [7, 11) is 0. The van der Waals surface area contributed by atoms with E-state index in [9.17, 15) is 4.39 Å². The molecule has 0 saturated carbocycles. The van der Waals surface area contributed by atoms with Gasteiger partial charge >= 0.3 is 0 Å². The van der Waals surface area contributed by atoms with E-state index < -0.39 is 0 Å². The average Bonchev–Trinajstić information content (AvgIpc) is 2.78. The number of hydrogen-bond donors (Lipinski definition) is 0. The molecule has 0 unspecified atom stereocenters. The fourth-order valence-corrected chi connectivity index (χ4v) is 2.68. The van der Waals surface area contributed by atoms with Gasteiger partial charge in [0.05, 0.1) is 15.9 Å². The van der Waals surface area contributed by atoms with E-state index in [2.05, 4.69) is 4.98 Å². The van der Waals surface area contributed by atoms with E-state index in [1.165, 1.54) is 12.1 Å². The Labute approximate surface area is 112 Å². The van der Waals surface area contributed by atoms with Crippen molar-refractivity contribution >= 4 is 44.6 Å². The molecule has 0 bridgehead atoms. The van der Waals surface area contributed by atoms with Crippen LogP contribution in [0.1, 0.15) is 0 Å². The van der Waals surface area contributed by atoms with Crippen LogP contribution >= 0.6 is 11.6 Å². The van der Waals surface area contributed by atoms with Crippen molar-refractivity contribution in [3.8, 4) is 0 Å². The summed E-state index contributed by atoms with van der Waals surface area (Å²) in [4.78, 5) is 4.40. The summed E-state index contributed by atoms with van der Waals surface area (Å²) >= 11 is 6.40. The molecule has 0 fully saturated rings. The average molecular weight is 272 g/mol. The predicted octanol–water partition coefficient (Wildman–Crippen LogP) is 4.93. The molecule has 2 heterocycles. The van der Waals surface area contributed by atoms with Crippen molar-refractivity contribution in [3.05, 3.63) is 53.3 Å². The third kappa shape index (κ3) is 1.45. The minimum Gasteiger partial charge on any atom is -0.438 e. The second-order valence-corrected chi connectivity index (χ2v) is 4.74. The first-order valence-electron chi connectivity index (χ1n) is 5.80. The summed E-state index contributed by atoms with van der Waals surface area (Å²) in [6, 6.07) is 11.9.